The van der Waals surface area contributed by atoms with E-state index in [1.54, 1.807) is 0 Å². The van der Waals surface area contributed by atoms with E-state index >= 15 is 0 Å². The second kappa shape index (κ2) is 4.72. The summed E-state index contributed by atoms with van der Waals surface area (Å²) in [6.07, 6.45) is 0.912. The summed E-state index contributed by atoms with van der Waals surface area (Å²) in [7, 11) is 0. The maximum absolute atomic E-state index is 13.4. The average molecular weight is 255 g/mol. The second-order valence-corrected chi connectivity index (χ2v) is 4.12. The van der Waals surface area contributed by atoms with Crippen LogP contribution in [0.5, 0.6) is 0 Å². The molecule has 1 unspecified atom stereocenters. The van der Waals surface area contributed by atoms with Gasteiger partial charge in [0, 0.05) is 12.6 Å². The minimum Gasteiger partial charge on any atom is -0.480 e. The zero-order chi connectivity index (χ0) is 13.3. The topological polar surface area (TPSA) is 57.6 Å². The normalized spacial score (nSPS) is 19.0. The highest BCUT2D eigenvalue weighted by molar-refractivity contribution is 5.97. The van der Waals surface area contributed by atoms with Crippen molar-refractivity contribution in [3.05, 3.63) is 35.4 Å². The van der Waals surface area contributed by atoms with Crippen LogP contribution in [0.3, 0.4) is 0 Å². The fourth-order valence-electron chi connectivity index (χ4n) is 2.08. The number of aliphatic carboxylic acids is 1. The molecule has 1 amide bonds. The molecule has 4 nitrogen and oxygen atoms in total. The number of carboxylic acids is 1. The number of hydrogen-bond donors (Lipinski definition) is 1. The summed E-state index contributed by atoms with van der Waals surface area (Å²) < 4.78 is 26.2. The summed E-state index contributed by atoms with van der Waals surface area (Å²) >= 11 is 0. The van der Waals surface area contributed by atoms with E-state index in [0.717, 1.165) is 17.0 Å². The number of carboxylic acid groups (broad SMARTS) is 1. The van der Waals surface area contributed by atoms with Gasteiger partial charge >= 0.3 is 5.97 Å². The number of hydrogen-bond acceptors (Lipinski definition) is 2. The smallest absolute Gasteiger partial charge is 0.326 e. The third kappa shape index (κ3) is 2.18. The Balaban J connectivity index is 2.28. The largest absolute Gasteiger partial charge is 0.480 e. The Morgan fingerprint density at radius 2 is 2.06 bits per heavy atom. The van der Waals surface area contributed by atoms with Crippen molar-refractivity contribution in [1.82, 2.24) is 4.90 Å². The van der Waals surface area contributed by atoms with Crippen LogP contribution in [0.25, 0.3) is 0 Å². The minimum atomic E-state index is -1.11. The highest BCUT2D eigenvalue weighted by Crippen LogP contribution is 2.21. The first-order valence-electron chi connectivity index (χ1n) is 5.49. The molecule has 1 N–H and O–H groups in total. The van der Waals surface area contributed by atoms with Crippen LogP contribution in [0.15, 0.2) is 18.2 Å². The highest BCUT2D eigenvalue weighted by Gasteiger charge is 2.35. The van der Waals surface area contributed by atoms with Gasteiger partial charge < -0.3 is 10.0 Å². The van der Waals surface area contributed by atoms with Crippen LogP contribution in [0.2, 0.25) is 0 Å². The number of rotatable bonds is 2. The van der Waals surface area contributed by atoms with Crippen molar-refractivity contribution in [2.75, 3.05) is 6.54 Å². The third-order valence-corrected chi connectivity index (χ3v) is 2.96. The van der Waals surface area contributed by atoms with Crippen molar-refractivity contribution in [2.24, 2.45) is 0 Å². The zero-order valence-corrected chi connectivity index (χ0v) is 9.40. The van der Waals surface area contributed by atoms with Crippen LogP contribution in [0.4, 0.5) is 8.78 Å². The van der Waals surface area contributed by atoms with Gasteiger partial charge in [0.1, 0.15) is 17.7 Å². The van der Waals surface area contributed by atoms with E-state index in [4.69, 9.17) is 5.11 Å². The molecule has 0 aromatic heterocycles. The Kier molecular flexibility index (Phi) is 3.27. The summed E-state index contributed by atoms with van der Waals surface area (Å²) in [5.74, 6) is -3.57. The van der Waals surface area contributed by atoms with E-state index in [1.165, 1.54) is 0 Å². The van der Waals surface area contributed by atoms with Gasteiger partial charge in [-0.05, 0) is 25.0 Å². The van der Waals surface area contributed by atoms with E-state index in [0.29, 0.717) is 18.9 Å². The first-order chi connectivity index (χ1) is 8.50. The standard InChI is InChI=1S/C12H11F2NO3/c13-7-3-4-8(9(14)6-7)11(16)15-5-1-2-10(15)12(17)18/h3-4,6,10H,1-2,5H2,(H,17,18). The lowest BCUT2D eigenvalue weighted by Crippen LogP contribution is -2.40. The van der Waals surface area contributed by atoms with Gasteiger partial charge in [0.05, 0.1) is 5.56 Å². The van der Waals surface area contributed by atoms with Crippen molar-refractivity contribution in [3.8, 4) is 0 Å². The number of halogens is 2. The molecule has 1 fully saturated rings. The number of carbonyl (C=O) groups excluding carboxylic acids is 1. The molecule has 0 aliphatic carbocycles. The zero-order valence-electron chi connectivity index (χ0n) is 9.40. The predicted molar refractivity (Wildman–Crippen MR) is 58.1 cm³/mol. The van der Waals surface area contributed by atoms with Gasteiger partial charge in [-0.25, -0.2) is 13.6 Å². The summed E-state index contributed by atoms with van der Waals surface area (Å²) in [5, 5.41) is 8.95. The van der Waals surface area contributed by atoms with Crippen LogP contribution < -0.4 is 0 Å². The summed E-state index contributed by atoms with van der Waals surface area (Å²) in [4.78, 5) is 24.0. The predicted octanol–water partition coefficient (Wildman–Crippen LogP) is 1.65. The van der Waals surface area contributed by atoms with Gasteiger partial charge in [0.25, 0.3) is 5.91 Å². The van der Waals surface area contributed by atoms with Gasteiger partial charge in [0.15, 0.2) is 0 Å². The average Bonchev–Trinajstić information content (AvgIpc) is 2.77. The summed E-state index contributed by atoms with van der Waals surface area (Å²) in [6, 6.07) is 1.69. The van der Waals surface area contributed by atoms with Crippen molar-refractivity contribution >= 4 is 11.9 Å². The van der Waals surface area contributed by atoms with Crippen molar-refractivity contribution in [1.29, 1.82) is 0 Å². The number of amides is 1. The fourth-order valence-corrected chi connectivity index (χ4v) is 2.08. The lowest BCUT2D eigenvalue weighted by molar-refractivity contribution is -0.141. The maximum Gasteiger partial charge on any atom is 0.326 e. The Morgan fingerprint density at radius 3 is 2.67 bits per heavy atom. The van der Waals surface area contributed by atoms with Gasteiger partial charge in [-0.15, -0.1) is 0 Å². The molecule has 1 aliphatic rings. The Morgan fingerprint density at radius 1 is 1.33 bits per heavy atom. The number of benzene rings is 1. The van der Waals surface area contributed by atoms with E-state index in [2.05, 4.69) is 0 Å². The monoisotopic (exact) mass is 255 g/mol. The van der Waals surface area contributed by atoms with Crippen LogP contribution in [0, 0.1) is 11.6 Å². The highest BCUT2D eigenvalue weighted by atomic mass is 19.1. The summed E-state index contributed by atoms with van der Waals surface area (Å²) in [5.41, 5.74) is -0.301. The summed E-state index contributed by atoms with van der Waals surface area (Å²) in [6.45, 7) is 0.270. The van der Waals surface area contributed by atoms with Gasteiger partial charge in [-0.3, -0.25) is 4.79 Å². The van der Waals surface area contributed by atoms with Crippen molar-refractivity contribution in [2.45, 2.75) is 18.9 Å². The first-order valence-corrected chi connectivity index (χ1v) is 5.49. The fraction of sp³-hybridized carbons (Fsp3) is 0.333. The van der Waals surface area contributed by atoms with E-state index in [-0.39, 0.29) is 12.1 Å². The quantitative estimate of drug-likeness (QED) is 0.874. The molecule has 1 heterocycles. The molecule has 2 rings (SSSR count). The molecular weight excluding hydrogens is 244 g/mol. The van der Waals surface area contributed by atoms with Gasteiger partial charge in [-0.1, -0.05) is 0 Å². The van der Waals surface area contributed by atoms with Crippen molar-refractivity contribution < 1.29 is 23.5 Å². The van der Waals surface area contributed by atoms with E-state index < -0.39 is 29.6 Å². The minimum absolute atomic E-state index is 0.270. The molecule has 1 saturated heterocycles. The third-order valence-electron chi connectivity index (χ3n) is 2.96. The number of nitrogens with zero attached hydrogens (tertiary/aromatic N) is 1. The molecule has 1 aromatic rings. The second-order valence-electron chi connectivity index (χ2n) is 4.12. The molecule has 0 saturated carbocycles. The lowest BCUT2D eigenvalue weighted by Gasteiger charge is -2.21. The van der Waals surface area contributed by atoms with Gasteiger partial charge in [0.2, 0.25) is 0 Å². The molecule has 1 aliphatic heterocycles. The Bertz CT molecular complexity index is 504. The number of carbonyl (C=O) groups is 2. The molecular formula is C12H11F2NO3. The van der Waals surface area contributed by atoms with Crippen LogP contribution >= 0.6 is 0 Å². The maximum atomic E-state index is 13.4. The molecule has 18 heavy (non-hydrogen) atoms. The molecule has 6 heteroatoms. The van der Waals surface area contributed by atoms with Crippen LogP contribution in [0.1, 0.15) is 23.2 Å². The Labute approximate surface area is 102 Å². The molecule has 0 spiro atoms. The lowest BCUT2D eigenvalue weighted by atomic mass is 10.1. The SMILES string of the molecule is O=C(O)C1CCCN1C(=O)c1ccc(F)cc1F. The molecule has 1 atom stereocenters. The first kappa shape index (κ1) is 12.5. The molecule has 0 bridgehead atoms. The van der Waals surface area contributed by atoms with Crippen molar-refractivity contribution in [3.63, 3.8) is 0 Å². The molecule has 0 radical (unpaired) electrons. The van der Waals surface area contributed by atoms with Crippen LogP contribution in [-0.4, -0.2) is 34.5 Å². The van der Waals surface area contributed by atoms with E-state index in [9.17, 15) is 18.4 Å². The number of likely N-dealkylation sites (tertiary alicyclic amines) is 1. The van der Waals surface area contributed by atoms with Gasteiger partial charge in [-0.2, -0.15) is 0 Å². The Hall–Kier alpha value is -1.98. The van der Waals surface area contributed by atoms with E-state index in [1.807, 2.05) is 0 Å². The molecule has 96 valence electrons. The van der Waals surface area contributed by atoms with Crippen LogP contribution in [-0.2, 0) is 4.79 Å². The molecule has 1 aromatic carbocycles.